The van der Waals surface area contributed by atoms with Gasteiger partial charge in [-0.3, -0.25) is 0 Å². The molecule has 11 aromatic rings. The van der Waals surface area contributed by atoms with E-state index in [1.165, 1.54) is 77.4 Å². The molecule has 0 atom stereocenters. The third kappa shape index (κ3) is 6.49. The Bertz CT molecular complexity index is 3510. The van der Waals surface area contributed by atoms with Crippen LogP contribution in [0.15, 0.2) is 243 Å². The second kappa shape index (κ2) is 15.6. The van der Waals surface area contributed by atoms with Gasteiger partial charge in [-0.25, -0.2) is 0 Å². The molecule has 0 unspecified atom stereocenters. The molecule has 0 radical (unpaired) electrons. The average Bonchev–Trinajstić information content (AvgIpc) is 3.83. The highest BCUT2D eigenvalue weighted by Gasteiger charge is 2.36. The summed E-state index contributed by atoms with van der Waals surface area (Å²) in [5.74, 6) is 0. The summed E-state index contributed by atoms with van der Waals surface area (Å²) in [6.07, 6.45) is 0. The third-order valence-corrected chi connectivity index (χ3v) is 13.6. The molecule has 0 bridgehead atoms. The van der Waals surface area contributed by atoms with E-state index < -0.39 is 0 Å². The van der Waals surface area contributed by atoms with Gasteiger partial charge in [0, 0.05) is 38.8 Å². The quantitative estimate of drug-likeness (QED) is 0.148. The Labute approximate surface area is 381 Å². The van der Waals surface area contributed by atoms with Crippen LogP contribution < -0.4 is 4.90 Å². The Hall–Kier alpha value is -8.20. The van der Waals surface area contributed by atoms with Crippen molar-refractivity contribution in [3.8, 4) is 61.3 Å². The zero-order chi connectivity index (χ0) is 43.5. The lowest BCUT2D eigenvalue weighted by molar-refractivity contribution is 0.660. The summed E-state index contributed by atoms with van der Waals surface area (Å²) in [5, 5.41) is 2.50. The van der Waals surface area contributed by atoms with Crippen LogP contribution in [0.1, 0.15) is 25.0 Å². The molecule has 1 aliphatic carbocycles. The molecule has 0 N–H and O–H groups in total. The Morgan fingerprint density at radius 3 is 1.51 bits per heavy atom. The van der Waals surface area contributed by atoms with E-state index in [4.69, 9.17) is 0 Å². The van der Waals surface area contributed by atoms with Crippen molar-refractivity contribution in [3.05, 3.63) is 254 Å². The van der Waals surface area contributed by atoms with Crippen molar-refractivity contribution < 1.29 is 0 Å². The number of hydrogen-bond acceptors (Lipinski definition) is 1. The first kappa shape index (κ1) is 38.5. The molecule has 2 heteroatoms. The largest absolute Gasteiger partial charge is 0.310 e. The number of aromatic nitrogens is 1. The molecule has 0 saturated carbocycles. The summed E-state index contributed by atoms with van der Waals surface area (Å²) in [6.45, 7) is 4.73. The maximum atomic E-state index is 2.45. The molecule has 0 spiro atoms. The van der Waals surface area contributed by atoms with Gasteiger partial charge in [0.25, 0.3) is 0 Å². The minimum absolute atomic E-state index is 0.145. The van der Waals surface area contributed by atoms with Gasteiger partial charge in [-0.1, -0.05) is 196 Å². The molecule has 1 heterocycles. The zero-order valence-corrected chi connectivity index (χ0v) is 36.5. The SMILES string of the molecule is CC1(C)c2ccccc2-c2ccc(N(c3ccc(-c4ccccc4)cc3)c3ccc(-c4ccccc4-n4c5ccccc5c5ccccc54)c(-c4cccc(-c5ccccc5)c4)c3)cc21. The number of benzene rings is 10. The summed E-state index contributed by atoms with van der Waals surface area (Å²) in [4.78, 5) is 2.45. The van der Waals surface area contributed by atoms with Crippen molar-refractivity contribution in [1.29, 1.82) is 0 Å². The molecule has 1 aliphatic rings. The fourth-order valence-corrected chi connectivity index (χ4v) is 10.4. The lowest BCUT2D eigenvalue weighted by Gasteiger charge is -2.29. The van der Waals surface area contributed by atoms with Gasteiger partial charge in [-0.15, -0.1) is 0 Å². The van der Waals surface area contributed by atoms with Crippen molar-refractivity contribution in [2.75, 3.05) is 4.90 Å². The highest BCUT2D eigenvalue weighted by Crippen LogP contribution is 2.51. The first-order valence-corrected chi connectivity index (χ1v) is 22.6. The second-order valence-corrected chi connectivity index (χ2v) is 17.7. The Morgan fingerprint density at radius 2 is 0.800 bits per heavy atom. The smallest absolute Gasteiger partial charge is 0.0541 e. The first-order chi connectivity index (χ1) is 32.0. The van der Waals surface area contributed by atoms with E-state index in [1.54, 1.807) is 0 Å². The first-order valence-electron chi connectivity index (χ1n) is 22.6. The number of fused-ring (bicyclic) bond motifs is 6. The van der Waals surface area contributed by atoms with Crippen LogP contribution in [0, 0.1) is 0 Å². The number of nitrogens with zero attached hydrogens (tertiary/aromatic N) is 2. The fourth-order valence-electron chi connectivity index (χ4n) is 10.4. The van der Waals surface area contributed by atoms with Crippen molar-refractivity contribution in [3.63, 3.8) is 0 Å². The molecule has 0 saturated heterocycles. The Balaban J connectivity index is 1.09. The molecule has 0 amide bonds. The predicted octanol–water partition coefficient (Wildman–Crippen LogP) is 17.2. The minimum Gasteiger partial charge on any atom is -0.310 e. The van der Waals surface area contributed by atoms with E-state index in [0.29, 0.717) is 0 Å². The molecule has 65 heavy (non-hydrogen) atoms. The Morgan fingerprint density at radius 1 is 0.308 bits per heavy atom. The molecule has 308 valence electrons. The van der Waals surface area contributed by atoms with Crippen molar-refractivity contribution in [1.82, 2.24) is 4.57 Å². The van der Waals surface area contributed by atoms with Gasteiger partial charge in [-0.2, -0.15) is 0 Å². The van der Waals surface area contributed by atoms with Crippen LogP contribution in [0.3, 0.4) is 0 Å². The monoisotopic (exact) mass is 830 g/mol. The van der Waals surface area contributed by atoms with Crippen molar-refractivity contribution in [2.24, 2.45) is 0 Å². The predicted molar refractivity (Wildman–Crippen MR) is 275 cm³/mol. The minimum atomic E-state index is -0.145. The number of para-hydroxylation sites is 3. The standard InChI is InChI=1S/C63H46N2/c1-63(2)58-28-13-9-24-52(58)53-39-37-50(42-59(53)63)64(48-34-32-45(33-35-48)43-18-5-3-6-19-43)49-36-38-51(57(41-49)47-23-17-22-46(40-47)44-20-7-4-8-21-44)54-25-10-14-29-60(54)65-61-30-15-11-26-55(61)56-27-12-16-31-62(56)65/h3-42H,1-2H3. The van der Waals surface area contributed by atoms with E-state index in [2.05, 4.69) is 266 Å². The van der Waals surface area contributed by atoms with Crippen LogP contribution in [0.25, 0.3) is 83.1 Å². The zero-order valence-electron chi connectivity index (χ0n) is 36.5. The van der Waals surface area contributed by atoms with Crippen molar-refractivity contribution >= 4 is 38.9 Å². The molecule has 0 aliphatic heterocycles. The van der Waals surface area contributed by atoms with Gasteiger partial charge in [0.05, 0.1) is 16.7 Å². The van der Waals surface area contributed by atoms with Gasteiger partial charge < -0.3 is 9.47 Å². The van der Waals surface area contributed by atoms with Gasteiger partial charge in [0.15, 0.2) is 0 Å². The van der Waals surface area contributed by atoms with E-state index in [0.717, 1.165) is 33.9 Å². The third-order valence-electron chi connectivity index (χ3n) is 13.6. The van der Waals surface area contributed by atoms with Crippen LogP contribution in [-0.4, -0.2) is 4.57 Å². The molecular formula is C63H46N2. The van der Waals surface area contributed by atoms with Gasteiger partial charge in [0.1, 0.15) is 0 Å². The maximum Gasteiger partial charge on any atom is 0.0541 e. The molecule has 12 rings (SSSR count). The van der Waals surface area contributed by atoms with Crippen LogP contribution in [-0.2, 0) is 5.41 Å². The van der Waals surface area contributed by atoms with E-state index in [9.17, 15) is 0 Å². The highest BCUT2D eigenvalue weighted by molar-refractivity contribution is 6.10. The highest BCUT2D eigenvalue weighted by atomic mass is 15.1. The topological polar surface area (TPSA) is 8.17 Å². The molecule has 0 fully saturated rings. The summed E-state index contributed by atoms with van der Waals surface area (Å²) in [7, 11) is 0. The van der Waals surface area contributed by atoms with Crippen LogP contribution >= 0.6 is 0 Å². The average molecular weight is 831 g/mol. The van der Waals surface area contributed by atoms with Crippen LogP contribution in [0.2, 0.25) is 0 Å². The number of rotatable bonds is 8. The lowest BCUT2D eigenvalue weighted by Crippen LogP contribution is -2.16. The van der Waals surface area contributed by atoms with Gasteiger partial charge >= 0.3 is 0 Å². The molecule has 10 aromatic carbocycles. The van der Waals surface area contributed by atoms with Gasteiger partial charge in [-0.05, 0) is 122 Å². The normalized spacial score (nSPS) is 12.6. The summed E-state index contributed by atoms with van der Waals surface area (Å²) in [6, 6.07) is 89.0. The van der Waals surface area contributed by atoms with E-state index in [-0.39, 0.29) is 5.41 Å². The number of hydrogen-bond donors (Lipinski definition) is 0. The molecule has 2 nitrogen and oxygen atoms in total. The van der Waals surface area contributed by atoms with Crippen LogP contribution in [0.5, 0.6) is 0 Å². The van der Waals surface area contributed by atoms with Crippen LogP contribution in [0.4, 0.5) is 17.1 Å². The summed E-state index contributed by atoms with van der Waals surface area (Å²) < 4.78 is 2.45. The fraction of sp³-hybridized carbons (Fsp3) is 0.0476. The second-order valence-electron chi connectivity index (χ2n) is 17.7. The van der Waals surface area contributed by atoms with Gasteiger partial charge in [0.2, 0.25) is 0 Å². The van der Waals surface area contributed by atoms with Crippen molar-refractivity contribution in [2.45, 2.75) is 19.3 Å². The van der Waals surface area contributed by atoms with E-state index >= 15 is 0 Å². The summed E-state index contributed by atoms with van der Waals surface area (Å²) in [5.41, 5.74) is 21.5. The maximum absolute atomic E-state index is 2.45. The molecule has 1 aromatic heterocycles. The van der Waals surface area contributed by atoms with E-state index in [1.807, 2.05) is 0 Å². The summed E-state index contributed by atoms with van der Waals surface area (Å²) >= 11 is 0. The lowest BCUT2D eigenvalue weighted by atomic mass is 9.82. The number of anilines is 3. The Kier molecular flexibility index (Phi) is 9.21. The molecular weight excluding hydrogens is 785 g/mol.